The van der Waals surface area contributed by atoms with E-state index in [9.17, 15) is 9.59 Å². The molecule has 1 unspecified atom stereocenters. The molecule has 2 aliphatic rings. The number of primary amides is 1. The van der Waals surface area contributed by atoms with Gasteiger partial charge in [-0.3, -0.25) is 18.6 Å². The number of amides is 1. The zero-order valence-electron chi connectivity index (χ0n) is 20.9. The lowest BCUT2D eigenvalue weighted by Gasteiger charge is -2.21. The number of rotatable bonds is 2. The van der Waals surface area contributed by atoms with Gasteiger partial charge in [0.25, 0.3) is 0 Å². The lowest BCUT2D eigenvalue weighted by molar-refractivity contribution is -0.134. The largest absolute Gasteiger partial charge is 0.367 e. The van der Waals surface area contributed by atoms with Gasteiger partial charge in [-0.25, -0.2) is 9.78 Å². The molecule has 1 aromatic carbocycles. The molecule has 1 saturated carbocycles. The highest BCUT2D eigenvalue weighted by Crippen LogP contribution is 2.44. The number of pyridine rings is 1. The van der Waals surface area contributed by atoms with Gasteiger partial charge in [-0.1, -0.05) is 18.2 Å². The topological polar surface area (TPSA) is 126 Å². The number of ether oxygens (including phenoxy) is 1. The van der Waals surface area contributed by atoms with Crippen molar-refractivity contribution in [2.24, 2.45) is 25.7 Å². The monoisotopic (exact) mass is 515 g/mol. The van der Waals surface area contributed by atoms with Crippen LogP contribution in [0.25, 0.3) is 44.5 Å². The van der Waals surface area contributed by atoms with E-state index in [1.165, 1.54) is 4.68 Å². The number of aromatic nitrogens is 6. The van der Waals surface area contributed by atoms with E-state index < -0.39 is 18.0 Å². The molecule has 1 fully saturated rings. The Labute approximate surface area is 215 Å². The average molecular weight is 516 g/mol. The summed E-state index contributed by atoms with van der Waals surface area (Å²) in [6.45, 7) is 0.198. The fraction of sp³-hybridized carbons (Fsp3) is 0.333. The van der Waals surface area contributed by atoms with Crippen molar-refractivity contribution in [2.75, 3.05) is 0 Å². The Bertz CT molecular complexity index is 1830. The Hall–Kier alpha value is -4.25. The first kappa shape index (κ1) is 22.9. The summed E-state index contributed by atoms with van der Waals surface area (Å²) >= 11 is 0. The minimum atomic E-state index is -0.753. The fourth-order valence-electron chi connectivity index (χ4n) is 6.39. The van der Waals surface area contributed by atoms with E-state index in [-0.39, 0.29) is 24.3 Å². The second-order valence-corrected chi connectivity index (χ2v) is 10.4. The van der Waals surface area contributed by atoms with Crippen molar-refractivity contribution in [2.45, 2.75) is 38.0 Å². The molecule has 10 nitrogen and oxygen atoms in total. The number of fused-ring (bicyclic) bond motifs is 6. The molecule has 11 heteroatoms. The summed E-state index contributed by atoms with van der Waals surface area (Å²) in [6, 6.07) is 7.55. The molecule has 5 heterocycles. The lowest BCUT2D eigenvalue weighted by atomic mass is 9.98. The Morgan fingerprint density at radius 1 is 1.26 bits per heavy atom. The number of imidazole rings is 1. The zero-order valence-corrected chi connectivity index (χ0v) is 20.9. The number of carbonyl (C=O) groups excluding carboxylic acids is 1. The van der Waals surface area contributed by atoms with Crippen molar-refractivity contribution in [1.82, 2.24) is 28.9 Å². The van der Waals surface area contributed by atoms with Crippen molar-refractivity contribution in [3.05, 3.63) is 58.7 Å². The summed E-state index contributed by atoms with van der Waals surface area (Å²) in [5, 5.41) is 4.66. The van der Waals surface area contributed by atoms with Crippen LogP contribution in [0, 0.1) is 11.9 Å². The van der Waals surface area contributed by atoms with Gasteiger partial charge in [-0.2, -0.15) is 4.39 Å². The third-order valence-electron chi connectivity index (χ3n) is 8.09. The van der Waals surface area contributed by atoms with E-state index in [0.29, 0.717) is 41.7 Å². The van der Waals surface area contributed by atoms with E-state index in [2.05, 4.69) is 15.1 Å². The lowest BCUT2D eigenvalue weighted by Crippen LogP contribution is -2.37. The van der Waals surface area contributed by atoms with Crippen molar-refractivity contribution >= 4 is 28.0 Å². The predicted octanol–water partition coefficient (Wildman–Crippen LogP) is 3.15. The molecule has 5 aromatic rings. The molecule has 3 N–H and O–H groups in total. The summed E-state index contributed by atoms with van der Waals surface area (Å²) in [4.78, 5) is 34.1. The maximum absolute atomic E-state index is 15.1. The van der Waals surface area contributed by atoms with E-state index in [4.69, 9.17) is 10.5 Å². The number of halogens is 1. The van der Waals surface area contributed by atoms with Gasteiger partial charge < -0.3 is 15.5 Å². The van der Waals surface area contributed by atoms with Crippen molar-refractivity contribution in [3.8, 4) is 22.4 Å². The van der Waals surface area contributed by atoms with Gasteiger partial charge in [0.15, 0.2) is 0 Å². The average Bonchev–Trinajstić information content (AvgIpc) is 3.64. The first-order valence-electron chi connectivity index (χ1n) is 12.6. The van der Waals surface area contributed by atoms with Gasteiger partial charge in [0, 0.05) is 31.9 Å². The van der Waals surface area contributed by atoms with Crippen molar-refractivity contribution in [1.29, 1.82) is 0 Å². The maximum Gasteiger partial charge on any atom is 0.329 e. The second-order valence-electron chi connectivity index (χ2n) is 10.4. The van der Waals surface area contributed by atoms with Crippen LogP contribution in [0.1, 0.15) is 30.9 Å². The molecule has 4 bridgehead atoms. The van der Waals surface area contributed by atoms with Crippen LogP contribution in [0.5, 0.6) is 0 Å². The molecule has 0 radical (unpaired) electrons. The minimum absolute atomic E-state index is 0.105. The van der Waals surface area contributed by atoms with Crippen LogP contribution in [-0.2, 0) is 30.2 Å². The SMILES string of the molecule is Cn1cc(-c2[nH]c3ncc4c5c3c2-c2cccc(c2)COC(C(N)=O)[C@@H]2CC[C@H](C2)n5c(=O)n4C)c(F)n1. The molecule has 7 rings (SSSR count). The number of aromatic amines is 1. The summed E-state index contributed by atoms with van der Waals surface area (Å²) in [5.41, 5.74) is 10.8. The Morgan fingerprint density at radius 2 is 2.11 bits per heavy atom. The van der Waals surface area contributed by atoms with Crippen LogP contribution in [0.3, 0.4) is 0 Å². The highest BCUT2D eigenvalue weighted by Gasteiger charge is 2.38. The second kappa shape index (κ2) is 8.12. The number of hydrogen-bond acceptors (Lipinski definition) is 5. The van der Waals surface area contributed by atoms with Crippen LogP contribution >= 0.6 is 0 Å². The molecule has 1 amide bonds. The number of nitrogens with two attached hydrogens (primary N) is 1. The third-order valence-corrected chi connectivity index (χ3v) is 8.09. The van der Waals surface area contributed by atoms with E-state index in [1.807, 2.05) is 28.8 Å². The molecule has 0 spiro atoms. The van der Waals surface area contributed by atoms with Gasteiger partial charge in [0.1, 0.15) is 11.8 Å². The standard InChI is InChI=1S/C27H26FN7O3/c1-33-11-17(24(28)32-33)21-19-14-5-3-4-13(8-14)12-38-23(25(29)36)15-6-7-16(9-15)35-22-18(34(2)27(35)37)10-30-26(31-21)20(19)22/h3-5,8,10-11,15-16,23H,6-7,9,12H2,1-2H3,(H2,29,36)(H,30,31)/t15-,16-,23?/m1/s1. The first-order chi connectivity index (χ1) is 18.3. The molecule has 0 saturated heterocycles. The smallest absolute Gasteiger partial charge is 0.329 e. The maximum atomic E-state index is 15.1. The van der Waals surface area contributed by atoms with Gasteiger partial charge in [-0.15, -0.1) is 5.10 Å². The predicted molar refractivity (Wildman–Crippen MR) is 139 cm³/mol. The minimum Gasteiger partial charge on any atom is -0.367 e. The van der Waals surface area contributed by atoms with Crippen molar-refractivity contribution < 1.29 is 13.9 Å². The van der Waals surface area contributed by atoms with E-state index >= 15 is 4.39 Å². The van der Waals surface area contributed by atoms with Crippen LogP contribution in [0.15, 0.2) is 41.5 Å². The summed E-state index contributed by atoms with van der Waals surface area (Å²) in [5.74, 6) is -1.21. The molecule has 1 aliphatic heterocycles. The van der Waals surface area contributed by atoms with Crippen LogP contribution in [0.2, 0.25) is 0 Å². The Morgan fingerprint density at radius 3 is 2.87 bits per heavy atom. The normalized spacial score (nSPS) is 21.1. The van der Waals surface area contributed by atoms with Crippen LogP contribution in [0.4, 0.5) is 4.39 Å². The van der Waals surface area contributed by atoms with Crippen LogP contribution in [-0.4, -0.2) is 40.9 Å². The number of hydrogen-bond donors (Lipinski definition) is 2. The number of aryl methyl sites for hydroxylation is 2. The van der Waals surface area contributed by atoms with Crippen LogP contribution < -0.4 is 11.4 Å². The highest BCUT2D eigenvalue weighted by molar-refractivity contribution is 6.14. The zero-order chi connectivity index (χ0) is 26.3. The highest BCUT2D eigenvalue weighted by atomic mass is 19.1. The fourth-order valence-corrected chi connectivity index (χ4v) is 6.39. The summed E-state index contributed by atoms with van der Waals surface area (Å²) < 4.78 is 26.0. The number of carbonyl (C=O) groups is 1. The molecule has 1 aliphatic carbocycles. The van der Waals surface area contributed by atoms with Gasteiger partial charge >= 0.3 is 5.69 Å². The molecule has 194 valence electrons. The molecular weight excluding hydrogens is 489 g/mol. The summed E-state index contributed by atoms with van der Waals surface area (Å²) in [7, 11) is 3.40. The third kappa shape index (κ3) is 3.21. The van der Waals surface area contributed by atoms with Gasteiger partial charge in [0.2, 0.25) is 11.9 Å². The first-order valence-corrected chi connectivity index (χ1v) is 12.6. The van der Waals surface area contributed by atoms with E-state index in [1.54, 1.807) is 31.1 Å². The molecule has 3 atom stereocenters. The molecule has 38 heavy (non-hydrogen) atoms. The Kier molecular flexibility index (Phi) is 4.90. The number of nitrogens with zero attached hydrogens (tertiary/aromatic N) is 5. The molecular formula is C27H26FN7O3. The van der Waals surface area contributed by atoms with Gasteiger partial charge in [-0.05, 0) is 42.4 Å². The quantitative estimate of drug-likeness (QED) is 0.374. The van der Waals surface area contributed by atoms with Gasteiger partial charge in [0.05, 0.1) is 40.5 Å². The molecule has 4 aromatic heterocycles. The Balaban J connectivity index is 1.63. The summed E-state index contributed by atoms with van der Waals surface area (Å²) in [6.07, 6.45) is 4.54. The van der Waals surface area contributed by atoms with Crippen molar-refractivity contribution in [3.63, 3.8) is 0 Å². The number of H-pyrrole nitrogens is 1. The van der Waals surface area contributed by atoms with E-state index in [0.717, 1.165) is 27.6 Å². The number of nitrogens with one attached hydrogen (secondary N) is 1. The number of benzene rings is 1.